The summed E-state index contributed by atoms with van der Waals surface area (Å²) in [7, 11) is 1.83. The van der Waals surface area contributed by atoms with Gasteiger partial charge in [-0.1, -0.05) is 92.1 Å². The lowest BCUT2D eigenvalue weighted by atomic mass is 10.0. The van der Waals surface area contributed by atoms with E-state index in [2.05, 4.69) is 24.0 Å². The van der Waals surface area contributed by atoms with Gasteiger partial charge in [0.15, 0.2) is 0 Å². The number of thiazole rings is 1. The van der Waals surface area contributed by atoms with Crippen molar-refractivity contribution >= 4 is 28.0 Å². The highest BCUT2D eigenvalue weighted by molar-refractivity contribution is 7.09. The first-order chi connectivity index (χ1) is 20.4. The maximum Gasteiger partial charge on any atom is 0.307 e. The van der Waals surface area contributed by atoms with Crippen molar-refractivity contribution < 1.29 is 14.6 Å². The van der Waals surface area contributed by atoms with E-state index in [4.69, 9.17) is 4.74 Å². The Kier molecular flexibility index (Phi) is 9.39. The number of aromatic amines is 1. The molecule has 4 aromatic carbocycles. The van der Waals surface area contributed by atoms with Gasteiger partial charge >= 0.3 is 4.87 Å². The molecule has 0 aliphatic carbocycles. The molecule has 1 heterocycles. The Labute approximate surface area is 250 Å². The van der Waals surface area contributed by atoms with E-state index in [1.54, 1.807) is 4.90 Å². The normalized spacial score (nSPS) is 11.1. The van der Waals surface area contributed by atoms with Gasteiger partial charge in [-0.05, 0) is 69.8 Å². The summed E-state index contributed by atoms with van der Waals surface area (Å²) in [6.45, 7) is 3.41. The second kappa shape index (κ2) is 13.5. The van der Waals surface area contributed by atoms with Crippen LogP contribution in [0.3, 0.4) is 0 Å². The fourth-order valence-corrected chi connectivity index (χ4v) is 5.81. The Morgan fingerprint density at radius 3 is 2.43 bits per heavy atom. The van der Waals surface area contributed by atoms with Crippen LogP contribution < -0.4 is 9.61 Å². The number of nitrogens with one attached hydrogen (secondary N) is 1. The zero-order valence-corrected chi connectivity index (χ0v) is 24.9. The highest BCUT2D eigenvalue weighted by atomic mass is 32.1. The Balaban J connectivity index is 1.21. The summed E-state index contributed by atoms with van der Waals surface area (Å²) >= 11 is 1.02. The summed E-state index contributed by atoms with van der Waals surface area (Å²) in [5, 5.41) is 11.9. The van der Waals surface area contributed by atoms with E-state index < -0.39 is 0 Å². The van der Waals surface area contributed by atoms with Crippen molar-refractivity contribution in [1.29, 1.82) is 0 Å². The number of unbranched alkanes of at least 4 members (excludes halogenated alkanes) is 3. The fourth-order valence-electron chi connectivity index (χ4n) is 5.05. The SMILES string of the molecule is CCCCCCOc1ccc2cc(C(=O)N(C)Cc3cccc(-c4ccc(Cc5sc(=O)[nH]c5O)cc4)c3)ccc2c1. The molecule has 0 aliphatic rings. The minimum Gasteiger partial charge on any atom is -0.494 e. The van der Waals surface area contributed by atoms with Gasteiger partial charge in [-0.3, -0.25) is 14.6 Å². The van der Waals surface area contributed by atoms with Crippen LogP contribution in [-0.2, 0) is 13.0 Å². The van der Waals surface area contributed by atoms with E-state index in [9.17, 15) is 14.7 Å². The molecule has 6 nitrogen and oxygen atoms in total. The van der Waals surface area contributed by atoms with E-state index in [1.807, 2.05) is 79.8 Å². The predicted octanol–water partition coefficient (Wildman–Crippen LogP) is 7.78. The van der Waals surface area contributed by atoms with Gasteiger partial charge < -0.3 is 14.7 Å². The third kappa shape index (κ3) is 7.28. The van der Waals surface area contributed by atoms with Crippen LogP contribution in [0.4, 0.5) is 0 Å². The molecule has 0 aliphatic heterocycles. The number of nitrogens with zero attached hydrogens (tertiary/aromatic N) is 1. The second-order valence-corrected chi connectivity index (χ2v) is 11.7. The van der Waals surface area contributed by atoms with Crippen LogP contribution in [0.2, 0.25) is 0 Å². The summed E-state index contributed by atoms with van der Waals surface area (Å²) in [5.41, 5.74) is 4.81. The molecular weight excluding hydrogens is 544 g/mol. The summed E-state index contributed by atoms with van der Waals surface area (Å²) in [4.78, 5) is 29.3. The monoisotopic (exact) mass is 580 g/mol. The van der Waals surface area contributed by atoms with Gasteiger partial charge in [0.25, 0.3) is 5.91 Å². The molecule has 0 saturated carbocycles. The van der Waals surface area contributed by atoms with Crippen LogP contribution in [-0.4, -0.2) is 34.6 Å². The molecule has 216 valence electrons. The molecule has 0 atom stereocenters. The molecule has 0 spiro atoms. The van der Waals surface area contributed by atoms with Crippen LogP contribution >= 0.6 is 11.3 Å². The number of ether oxygens (including phenoxy) is 1. The number of hydrogen-bond donors (Lipinski definition) is 2. The maximum atomic E-state index is 13.3. The predicted molar refractivity (Wildman–Crippen MR) is 171 cm³/mol. The number of aromatic nitrogens is 1. The highest BCUT2D eigenvalue weighted by Crippen LogP contribution is 2.26. The van der Waals surface area contributed by atoms with Gasteiger partial charge in [0.1, 0.15) is 5.75 Å². The molecule has 0 unspecified atom stereocenters. The number of fused-ring (bicyclic) bond motifs is 1. The molecule has 2 N–H and O–H groups in total. The first-order valence-corrected chi connectivity index (χ1v) is 15.2. The maximum absolute atomic E-state index is 13.3. The van der Waals surface area contributed by atoms with Gasteiger partial charge in [0, 0.05) is 25.6 Å². The smallest absolute Gasteiger partial charge is 0.307 e. The quantitative estimate of drug-likeness (QED) is 0.148. The molecular formula is C35H36N2O4S. The number of aromatic hydroxyl groups is 1. The van der Waals surface area contributed by atoms with Crippen molar-refractivity contribution in [3.05, 3.63) is 116 Å². The van der Waals surface area contributed by atoms with Crippen LogP contribution in [0.15, 0.2) is 89.7 Å². The molecule has 7 heteroatoms. The Morgan fingerprint density at radius 1 is 0.881 bits per heavy atom. The first kappa shape index (κ1) is 29.1. The van der Waals surface area contributed by atoms with Crippen LogP contribution in [0.1, 0.15) is 59.0 Å². The van der Waals surface area contributed by atoms with Crippen molar-refractivity contribution in [2.45, 2.75) is 45.6 Å². The molecule has 0 fully saturated rings. The van der Waals surface area contributed by atoms with E-state index >= 15 is 0 Å². The summed E-state index contributed by atoms with van der Waals surface area (Å²) in [6.07, 6.45) is 5.19. The van der Waals surface area contributed by atoms with Crippen molar-refractivity contribution in [2.24, 2.45) is 0 Å². The molecule has 0 saturated heterocycles. The van der Waals surface area contributed by atoms with Gasteiger partial charge in [0.2, 0.25) is 5.88 Å². The highest BCUT2D eigenvalue weighted by Gasteiger charge is 2.14. The minimum atomic E-state index is -0.257. The topological polar surface area (TPSA) is 82.6 Å². The number of hydrogen-bond acceptors (Lipinski definition) is 5. The molecule has 1 aromatic heterocycles. The third-order valence-electron chi connectivity index (χ3n) is 7.37. The zero-order chi connectivity index (χ0) is 29.5. The molecule has 1 amide bonds. The number of amides is 1. The molecule has 5 aromatic rings. The molecule has 0 bridgehead atoms. The number of carbonyl (C=O) groups excluding carboxylic acids is 1. The Morgan fingerprint density at radius 2 is 1.67 bits per heavy atom. The van der Waals surface area contributed by atoms with E-state index in [1.165, 1.54) is 19.3 Å². The summed E-state index contributed by atoms with van der Waals surface area (Å²) < 4.78 is 5.92. The van der Waals surface area contributed by atoms with Gasteiger partial charge in [0.05, 0.1) is 11.5 Å². The Hall–Kier alpha value is -4.36. The molecule has 5 rings (SSSR count). The Bertz CT molecular complexity index is 1720. The second-order valence-electron chi connectivity index (χ2n) is 10.7. The minimum absolute atomic E-state index is 0.0294. The average Bonchev–Trinajstić information content (AvgIpc) is 3.32. The number of H-pyrrole nitrogens is 1. The van der Waals surface area contributed by atoms with E-state index in [0.717, 1.165) is 63.1 Å². The first-order valence-electron chi connectivity index (χ1n) is 14.4. The van der Waals surface area contributed by atoms with Crippen molar-refractivity contribution in [2.75, 3.05) is 13.7 Å². The van der Waals surface area contributed by atoms with Gasteiger partial charge in [-0.2, -0.15) is 0 Å². The van der Waals surface area contributed by atoms with Gasteiger partial charge in [-0.25, -0.2) is 0 Å². The zero-order valence-electron chi connectivity index (χ0n) is 24.1. The lowest BCUT2D eigenvalue weighted by Crippen LogP contribution is -2.26. The van der Waals surface area contributed by atoms with Crippen molar-refractivity contribution in [3.63, 3.8) is 0 Å². The van der Waals surface area contributed by atoms with Crippen LogP contribution in [0, 0.1) is 0 Å². The molecule has 0 radical (unpaired) electrons. The average molecular weight is 581 g/mol. The fraction of sp³-hybridized carbons (Fsp3) is 0.257. The van der Waals surface area contributed by atoms with E-state index in [-0.39, 0.29) is 16.7 Å². The number of carbonyl (C=O) groups is 1. The van der Waals surface area contributed by atoms with Crippen molar-refractivity contribution in [1.82, 2.24) is 9.88 Å². The standard InChI is InChI=1S/C35H36N2O4S/c1-3-4-5-6-18-41-31-17-16-28-21-30(15-14-29(28)22-31)34(39)37(2)23-25-8-7-9-27(19-25)26-12-10-24(11-13-26)20-32-33(38)36-35(40)42-32/h7-17,19,21-22,38H,3-6,18,20,23H2,1-2H3,(H,36,40). The summed E-state index contributed by atoms with van der Waals surface area (Å²) in [6, 6.07) is 28.1. The number of rotatable bonds is 12. The molecule has 42 heavy (non-hydrogen) atoms. The number of benzene rings is 4. The largest absolute Gasteiger partial charge is 0.494 e. The van der Waals surface area contributed by atoms with Gasteiger partial charge in [-0.15, -0.1) is 0 Å². The summed E-state index contributed by atoms with van der Waals surface area (Å²) in [5.74, 6) is 0.776. The van der Waals surface area contributed by atoms with Crippen molar-refractivity contribution in [3.8, 4) is 22.8 Å². The van der Waals surface area contributed by atoms with Crippen LogP contribution in [0.5, 0.6) is 11.6 Å². The lowest BCUT2D eigenvalue weighted by Gasteiger charge is -2.18. The van der Waals surface area contributed by atoms with E-state index in [0.29, 0.717) is 23.4 Å². The third-order valence-corrected chi connectivity index (χ3v) is 8.24. The van der Waals surface area contributed by atoms with Crippen LogP contribution in [0.25, 0.3) is 21.9 Å². The lowest BCUT2D eigenvalue weighted by molar-refractivity contribution is 0.0785.